The third-order valence-corrected chi connectivity index (χ3v) is 3.02. The molecule has 1 atom stereocenters. The zero-order valence-corrected chi connectivity index (χ0v) is 11.0. The van der Waals surface area contributed by atoms with Gasteiger partial charge in [0.2, 0.25) is 0 Å². The molecule has 0 bridgehead atoms. The van der Waals surface area contributed by atoms with Crippen LogP contribution in [0.3, 0.4) is 0 Å². The molecule has 0 saturated heterocycles. The molecule has 2 rings (SSSR count). The van der Waals surface area contributed by atoms with Crippen molar-refractivity contribution in [3.05, 3.63) is 59.4 Å². The van der Waals surface area contributed by atoms with E-state index in [2.05, 4.69) is 29.4 Å². The Labute approximate surface area is 108 Å². The lowest BCUT2D eigenvalue weighted by Gasteiger charge is -2.20. The van der Waals surface area contributed by atoms with E-state index in [4.69, 9.17) is 4.74 Å². The molecule has 0 fully saturated rings. The zero-order valence-electron chi connectivity index (χ0n) is 11.0. The van der Waals surface area contributed by atoms with E-state index < -0.39 is 0 Å². The van der Waals surface area contributed by atoms with Crippen LogP contribution < -0.4 is 10.1 Å². The Morgan fingerprint density at radius 1 is 1.17 bits per heavy atom. The second-order valence-electron chi connectivity index (χ2n) is 4.25. The van der Waals surface area contributed by atoms with E-state index in [1.807, 2.05) is 37.6 Å². The molecule has 3 heteroatoms. The Balaban J connectivity index is 2.48. The number of nitrogens with zero attached hydrogens (tertiary/aromatic N) is 1. The molecule has 1 heterocycles. The highest BCUT2D eigenvalue weighted by atomic mass is 16.5. The van der Waals surface area contributed by atoms with Crippen molar-refractivity contribution in [3.8, 4) is 5.75 Å². The molecule has 1 aromatic carbocycles. The lowest BCUT2D eigenvalue weighted by Crippen LogP contribution is -2.18. The van der Waals surface area contributed by atoms with Gasteiger partial charge in [0.15, 0.2) is 0 Å². The number of aryl methyl sites for hydroxylation is 1. The lowest BCUT2D eigenvalue weighted by molar-refractivity contribution is 0.405. The van der Waals surface area contributed by atoms with Crippen LogP contribution in [0, 0.1) is 6.92 Å². The summed E-state index contributed by atoms with van der Waals surface area (Å²) < 4.78 is 5.45. The molecule has 0 aliphatic carbocycles. The number of aromatic nitrogens is 1. The summed E-state index contributed by atoms with van der Waals surface area (Å²) in [4.78, 5) is 4.06. The van der Waals surface area contributed by atoms with Crippen molar-refractivity contribution in [3.63, 3.8) is 0 Å². The van der Waals surface area contributed by atoms with Gasteiger partial charge in [0, 0.05) is 18.0 Å². The molecule has 94 valence electrons. The van der Waals surface area contributed by atoms with Gasteiger partial charge in [-0.1, -0.05) is 17.7 Å². The van der Waals surface area contributed by atoms with E-state index in [0.29, 0.717) is 0 Å². The molecule has 0 aliphatic rings. The second kappa shape index (κ2) is 5.65. The number of hydrogen-bond acceptors (Lipinski definition) is 3. The number of benzene rings is 1. The summed E-state index contributed by atoms with van der Waals surface area (Å²) in [7, 11) is 3.65. The minimum Gasteiger partial charge on any atom is -0.496 e. The number of pyridine rings is 1. The van der Waals surface area contributed by atoms with E-state index in [1.165, 1.54) is 11.1 Å². The summed E-state index contributed by atoms with van der Waals surface area (Å²) in [5.41, 5.74) is 3.54. The number of nitrogens with one attached hydrogen (secondary N) is 1. The maximum Gasteiger partial charge on any atom is 0.123 e. The largest absolute Gasteiger partial charge is 0.496 e. The van der Waals surface area contributed by atoms with Crippen molar-refractivity contribution < 1.29 is 4.74 Å². The smallest absolute Gasteiger partial charge is 0.123 e. The lowest BCUT2D eigenvalue weighted by atomic mass is 9.97. The van der Waals surface area contributed by atoms with Gasteiger partial charge < -0.3 is 10.1 Å². The highest BCUT2D eigenvalue weighted by Crippen LogP contribution is 2.30. The molecule has 0 saturated carbocycles. The van der Waals surface area contributed by atoms with Gasteiger partial charge in [0.25, 0.3) is 0 Å². The Morgan fingerprint density at radius 2 is 1.89 bits per heavy atom. The van der Waals surface area contributed by atoms with E-state index in [9.17, 15) is 0 Å². The van der Waals surface area contributed by atoms with Gasteiger partial charge in [-0.3, -0.25) is 4.98 Å². The maximum absolute atomic E-state index is 5.45. The Morgan fingerprint density at radius 3 is 2.50 bits per heavy atom. The first-order chi connectivity index (χ1) is 8.76. The van der Waals surface area contributed by atoms with Crippen molar-refractivity contribution in [2.24, 2.45) is 0 Å². The highest BCUT2D eigenvalue weighted by Gasteiger charge is 2.16. The van der Waals surface area contributed by atoms with E-state index >= 15 is 0 Å². The summed E-state index contributed by atoms with van der Waals surface area (Å²) in [5.74, 6) is 0.900. The van der Waals surface area contributed by atoms with Gasteiger partial charge in [-0.15, -0.1) is 0 Å². The average molecular weight is 242 g/mol. The van der Waals surface area contributed by atoms with Crippen LogP contribution in [0.5, 0.6) is 5.75 Å². The quantitative estimate of drug-likeness (QED) is 0.895. The molecule has 0 aliphatic heterocycles. The van der Waals surface area contributed by atoms with Crippen LogP contribution in [0.25, 0.3) is 0 Å². The van der Waals surface area contributed by atoms with Crippen LogP contribution in [-0.2, 0) is 0 Å². The monoisotopic (exact) mass is 242 g/mol. The van der Waals surface area contributed by atoms with Crippen molar-refractivity contribution in [1.82, 2.24) is 10.3 Å². The Hall–Kier alpha value is -1.87. The van der Waals surface area contributed by atoms with E-state index in [0.717, 1.165) is 11.3 Å². The third kappa shape index (κ3) is 2.51. The first-order valence-corrected chi connectivity index (χ1v) is 5.98. The molecule has 0 spiro atoms. The predicted octanol–water partition coefficient (Wildman–Crippen LogP) is 2.71. The minimum absolute atomic E-state index is 0.114. The highest BCUT2D eigenvalue weighted by molar-refractivity contribution is 5.43. The van der Waals surface area contributed by atoms with Crippen molar-refractivity contribution in [2.45, 2.75) is 13.0 Å². The molecule has 1 aromatic heterocycles. The van der Waals surface area contributed by atoms with Crippen molar-refractivity contribution >= 4 is 0 Å². The fraction of sp³-hybridized carbons (Fsp3) is 0.267. The summed E-state index contributed by atoms with van der Waals surface area (Å²) in [6, 6.07) is 10.4. The molecule has 18 heavy (non-hydrogen) atoms. The Kier molecular flexibility index (Phi) is 3.95. The van der Waals surface area contributed by atoms with Gasteiger partial charge in [0.1, 0.15) is 5.75 Å². The second-order valence-corrected chi connectivity index (χ2v) is 4.25. The predicted molar refractivity (Wildman–Crippen MR) is 72.9 cm³/mol. The third-order valence-electron chi connectivity index (χ3n) is 3.02. The van der Waals surface area contributed by atoms with Crippen LogP contribution in [0.1, 0.15) is 22.7 Å². The number of ether oxygens (including phenoxy) is 1. The first kappa shape index (κ1) is 12.6. The van der Waals surface area contributed by atoms with Crippen molar-refractivity contribution in [2.75, 3.05) is 14.2 Å². The molecule has 1 N–H and O–H groups in total. The number of methoxy groups -OCH3 is 1. The molecule has 1 unspecified atom stereocenters. The molecule has 3 nitrogen and oxygen atoms in total. The fourth-order valence-corrected chi connectivity index (χ4v) is 2.14. The zero-order chi connectivity index (χ0) is 13.0. The minimum atomic E-state index is 0.114. The standard InChI is InChI=1S/C15H18N2O/c1-11-4-5-14(18-3)13(10-11)15(16-2)12-6-8-17-9-7-12/h4-10,15-16H,1-3H3. The van der Waals surface area contributed by atoms with Gasteiger partial charge >= 0.3 is 0 Å². The SMILES string of the molecule is CNC(c1ccncc1)c1cc(C)ccc1OC. The van der Waals surface area contributed by atoms with Crippen LogP contribution >= 0.6 is 0 Å². The summed E-state index contributed by atoms with van der Waals surface area (Å²) in [6.07, 6.45) is 3.61. The molecule has 0 amide bonds. The molecule has 2 aromatic rings. The van der Waals surface area contributed by atoms with E-state index in [1.54, 1.807) is 7.11 Å². The van der Waals surface area contributed by atoms with Crippen LogP contribution in [-0.4, -0.2) is 19.1 Å². The van der Waals surface area contributed by atoms with Crippen LogP contribution in [0.4, 0.5) is 0 Å². The van der Waals surface area contributed by atoms with Gasteiger partial charge in [-0.25, -0.2) is 0 Å². The van der Waals surface area contributed by atoms with Crippen LogP contribution in [0.2, 0.25) is 0 Å². The van der Waals surface area contributed by atoms with Gasteiger partial charge in [0.05, 0.1) is 13.2 Å². The summed E-state index contributed by atoms with van der Waals surface area (Å²) >= 11 is 0. The molecular weight excluding hydrogens is 224 g/mol. The topological polar surface area (TPSA) is 34.2 Å². The van der Waals surface area contributed by atoms with Crippen LogP contribution in [0.15, 0.2) is 42.7 Å². The van der Waals surface area contributed by atoms with Crippen molar-refractivity contribution in [1.29, 1.82) is 0 Å². The average Bonchev–Trinajstić information content (AvgIpc) is 2.41. The number of rotatable bonds is 4. The van der Waals surface area contributed by atoms with E-state index in [-0.39, 0.29) is 6.04 Å². The summed E-state index contributed by atoms with van der Waals surface area (Å²) in [6.45, 7) is 2.09. The maximum atomic E-state index is 5.45. The fourth-order valence-electron chi connectivity index (χ4n) is 2.14. The molecular formula is C15H18N2O. The molecule has 0 radical (unpaired) electrons. The van der Waals surface area contributed by atoms with Gasteiger partial charge in [-0.2, -0.15) is 0 Å². The Bertz CT molecular complexity index is 511. The number of hydrogen-bond donors (Lipinski definition) is 1. The van der Waals surface area contributed by atoms with Gasteiger partial charge in [-0.05, 0) is 37.7 Å². The summed E-state index contributed by atoms with van der Waals surface area (Å²) in [5, 5.41) is 3.33. The first-order valence-electron chi connectivity index (χ1n) is 5.98. The normalized spacial score (nSPS) is 12.2.